The number of carbonyl (C=O) groups excluding carboxylic acids is 2. The Balaban J connectivity index is 5.08. The van der Waals surface area contributed by atoms with Crippen molar-refractivity contribution in [2.75, 3.05) is 12.4 Å². The largest absolute Gasteiger partial charge is 0.464 e. The van der Waals surface area contributed by atoms with Gasteiger partial charge >= 0.3 is 5.97 Å². The van der Waals surface area contributed by atoms with Gasteiger partial charge in [0.15, 0.2) is 5.54 Å². The third kappa shape index (κ3) is 5.69. The summed E-state index contributed by atoms with van der Waals surface area (Å²) >= 11 is 1.60. The molecule has 0 amide bonds. The maximum absolute atomic E-state index is 12.1. The highest BCUT2D eigenvalue weighted by Gasteiger charge is 2.40. The van der Waals surface area contributed by atoms with E-state index < -0.39 is 11.5 Å². The van der Waals surface area contributed by atoms with E-state index in [0.29, 0.717) is 18.8 Å². The zero-order chi connectivity index (χ0) is 14.2. The van der Waals surface area contributed by atoms with E-state index in [2.05, 4.69) is 25.8 Å². The van der Waals surface area contributed by atoms with E-state index in [4.69, 9.17) is 4.74 Å². The molecule has 0 aromatic carbocycles. The highest BCUT2D eigenvalue weighted by atomic mass is 32.2. The summed E-state index contributed by atoms with van der Waals surface area (Å²) in [7, 11) is 0. The SMILES string of the molecule is CCC[C@](CSC(C)(C)C)(N=C=O)C(=O)OCC. The number of aliphatic imine (C=N–C) groups is 1. The first-order valence-electron chi connectivity index (χ1n) is 6.21. The normalized spacial score (nSPS) is 14.5. The van der Waals surface area contributed by atoms with Crippen molar-refractivity contribution < 1.29 is 14.3 Å². The Morgan fingerprint density at radius 3 is 2.33 bits per heavy atom. The summed E-state index contributed by atoms with van der Waals surface area (Å²) in [5.41, 5.74) is -1.08. The number of rotatable bonds is 7. The number of nitrogens with zero attached hydrogens (tertiary/aromatic N) is 1. The Morgan fingerprint density at radius 2 is 1.94 bits per heavy atom. The Bertz CT molecular complexity index is 319. The third-order valence-corrected chi connectivity index (χ3v) is 3.81. The van der Waals surface area contributed by atoms with Gasteiger partial charge in [-0.3, -0.25) is 0 Å². The number of ether oxygens (including phenoxy) is 1. The van der Waals surface area contributed by atoms with Crippen molar-refractivity contribution in [2.45, 2.75) is 57.7 Å². The second kappa shape index (κ2) is 7.59. The Kier molecular flexibility index (Phi) is 7.26. The standard InChI is InChI=1S/C13H23NO3S/c1-6-8-13(14-10-15,11(16)17-7-2)9-18-12(3,4)5/h6-9H2,1-5H3/t13-/m1/s1. The fourth-order valence-corrected chi connectivity index (χ4v) is 2.47. The fourth-order valence-electron chi connectivity index (χ4n) is 1.47. The molecule has 5 heteroatoms. The average molecular weight is 273 g/mol. The highest BCUT2D eigenvalue weighted by molar-refractivity contribution is 8.00. The lowest BCUT2D eigenvalue weighted by atomic mass is 9.97. The minimum Gasteiger partial charge on any atom is -0.464 e. The van der Waals surface area contributed by atoms with Gasteiger partial charge in [-0.05, 0) is 13.3 Å². The summed E-state index contributed by atoms with van der Waals surface area (Å²) in [6, 6.07) is 0. The van der Waals surface area contributed by atoms with Crippen LogP contribution in [0.3, 0.4) is 0 Å². The lowest BCUT2D eigenvalue weighted by molar-refractivity contribution is -0.148. The van der Waals surface area contributed by atoms with Crippen LogP contribution in [-0.4, -0.2) is 34.7 Å². The van der Waals surface area contributed by atoms with Crippen LogP contribution in [0.2, 0.25) is 0 Å². The molecule has 4 nitrogen and oxygen atoms in total. The van der Waals surface area contributed by atoms with Crippen molar-refractivity contribution in [3.8, 4) is 0 Å². The molecule has 0 aliphatic heterocycles. The first-order valence-corrected chi connectivity index (χ1v) is 7.20. The molecule has 0 unspecified atom stereocenters. The molecule has 18 heavy (non-hydrogen) atoms. The van der Waals surface area contributed by atoms with Crippen LogP contribution in [-0.2, 0) is 14.3 Å². The summed E-state index contributed by atoms with van der Waals surface area (Å²) in [4.78, 5) is 26.4. The molecule has 0 aliphatic carbocycles. The van der Waals surface area contributed by atoms with Crippen molar-refractivity contribution in [1.82, 2.24) is 0 Å². The van der Waals surface area contributed by atoms with Crippen LogP contribution in [0.5, 0.6) is 0 Å². The molecular formula is C13H23NO3S. The van der Waals surface area contributed by atoms with Crippen molar-refractivity contribution in [2.24, 2.45) is 4.99 Å². The van der Waals surface area contributed by atoms with Crippen molar-refractivity contribution in [3.05, 3.63) is 0 Å². The topological polar surface area (TPSA) is 55.7 Å². The van der Waals surface area contributed by atoms with Gasteiger partial charge in [0, 0.05) is 10.5 Å². The van der Waals surface area contributed by atoms with Gasteiger partial charge in [-0.25, -0.2) is 9.59 Å². The second-order valence-corrected chi connectivity index (χ2v) is 6.91. The van der Waals surface area contributed by atoms with E-state index in [9.17, 15) is 9.59 Å². The summed E-state index contributed by atoms with van der Waals surface area (Å²) in [5, 5.41) is 0. The smallest absolute Gasteiger partial charge is 0.335 e. The van der Waals surface area contributed by atoms with Gasteiger partial charge < -0.3 is 4.74 Å². The number of esters is 1. The van der Waals surface area contributed by atoms with E-state index in [1.165, 1.54) is 6.08 Å². The van der Waals surface area contributed by atoms with Crippen LogP contribution in [0.15, 0.2) is 4.99 Å². The number of isocyanates is 1. The van der Waals surface area contributed by atoms with Crippen LogP contribution < -0.4 is 0 Å². The van der Waals surface area contributed by atoms with Gasteiger partial charge in [-0.2, -0.15) is 16.8 Å². The van der Waals surface area contributed by atoms with Crippen LogP contribution in [0.4, 0.5) is 0 Å². The Labute approximate surface area is 114 Å². The van der Waals surface area contributed by atoms with Crippen LogP contribution >= 0.6 is 11.8 Å². The minimum atomic E-state index is -1.08. The first kappa shape index (κ1) is 17.2. The molecule has 0 radical (unpaired) electrons. The maximum atomic E-state index is 12.1. The maximum Gasteiger partial charge on any atom is 0.335 e. The summed E-state index contributed by atoms with van der Waals surface area (Å²) in [5.74, 6) is 0.0188. The summed E-state index contributed by atoms with van der Waals surface area (Å²) in [6.07, 6.45) is 2.79. The zero-order valence-electron chi connectivity index (χ0n) is 11.9. The molecule has 0 spiro atoms. The van der Waals surface area contributed by atoms with E-state index in [-0.39, 0.29) is 4.75 Å². The average Bonchev–Trinajstić information content (AvgIpc) is 2.26. The number of carbonyl (C=O) groups is 1. The summed E-state index contributed by atoms with van der Waals surface area (Å²) < 4.78 is 5.06. The van der Waals surface area contributed by atoms with Gasteiger partial charge in [0.05, 0.1) is 6.61 Å². The molecule has 0 saturated carbocycles. The molecule has 0 aromatic rings. The van der Waals surface area contributed by atoms with Crippen molar-refractivity contribution in [3.63, 3.8) is 0 Å². The molecule has 0 bridgehead atoms. The molecule has 0 fully saturated rings. The third-order valence-electron chi connectivity index (χ3n) is 2.32. The van der Waals surface area contributed by atoms with E-state index in [0.717, 1.165) is 6.42 Å². The van der Waals surface area contributed by atoms with E-state index in [1.54, 1.807) is 18.7 Å². The molecule has 0 heterocycles. The van der Waals surface area contributed by atoms with Crippen LogP contribution in [0.25, 0.3) is 0 Å². The molecule has 0 rings (SSSR count). The number of hydrogen-bond acceptors (Lipinski definition) is 5. The Hall–Kier alpha value is -0.800. The van der Waals surface area contributed by atoms with Gasteiger partial charge in [0.1, 0.15) is 0 Å². The molecule has 0 saturated heterocycles. The Morgan fingerprint density at radius 1 is 1.33 bits per heavy atom. The van der Waals surface area contributed by atoms with Crippen LogP contribution in [0.1, 0.15) is 47.5 Å². The highest BCUT2D eigenvalue weighted by Crippen LogP contribution is 2.32. The lowest BCUT2D eigenvalue weighted by Crippen LogP contribution is -2.42. The summed E-state index contributed by atoms with van der Waals surface area (Å²) in [6.45, 7) is 10.2. The molecule has 0 N–H and O–H groups in total. The van der Waals surface area contributed by atoms with E-state index >= 15 is 0 Å². The zero-order valence-corrected chi connectivity index (χ0v) is 12.7. The van der Waals surface area contributed by atoms with Gasteiger partial charge in [-0.1, -0.05) is 34.1 Å². The number of thioether (sulfide) groups is 1. The van der Waals surface area contributed by atoms with Gasteiger partial charge in [0.2, 0.25) is 6.08 Å². The predicted octanol–water partition coefficient (Wildman–Crippen LogP) is 2.96. The van der Waals surface area contributed by atoms with Crippen LogP contribution in [0, 0.1) is 0 Å². The lowest BCUT2D eigenvalue weighted by Gasteiger charge is -2.28. The predicted molar refractivity (Wildman–Crippen MR) is 74.6 cm³/mol. The van der Waals surface area contributed by atoms with Crippen molar-refractivity contribution in [1.29, 1.82) is 0 Å². The molecule has 0 aromatic heterocycles. The minimum absolute atomic E-state index is 0.00386. The molecular weight excluding hydrogens is 250 g/mol. The molecule has 0 aliphatic rings. The first-order chi connectivity index (χ1) is 8.31. The van der Waals surface area contributed by atoms with Gasteiger partial charge in [-0.15, -0.1) is 0 Å². The molecule has 104 valence electrons. The fraction of sp³-hybridized carbons (Fsp3) is 0.846. The van der Waals surface area contributed by atoms with Gasteiger partial charge in [0.25, 0.3) is 0 Å². The molecule has 1 atom stereocenters. The quantitative estimate of drug-likeness (QED) is 0.406. The second-order valence-electron chi connectivity index (χ2n) is 5.11. The number of hydrogen-bond donors (Lipinski definition) is 0. The van der Waals surface area contributed by atoms with E-state index in [1.807, 2.05) is 6.92 Å². The monoisotopic (exact) mass is 273 g/mol. The van der Waals surface area contributed by atoms with Crippen molar-refractivity contribution >= 4 is 23.8 Å².